The summed E-state index contributed by atoms with van der Waals surface area (Å²) < 4.78 is 5.58. The average Bonchev–Trinajstić information content (AvgIpc) is 2.54. The summed E-state index contributed by atoms with van der Waals surface area (Å²) in [4.78, 5) is 2.53. The molecule has 100 valence electrons. The SMILES string of the molecule is C=CCCOCCN1CCCNC(C(C)C)C1. The minimum absolute atomic E-state index is 0.630. The molecule has 1 N–H and O–H groups in total. The summed E-state index contributed by atoms with van der Waals surface area (Å²) >= 11 is 0. The van der Waals surface area contributed by atoms with Crippen molar-refractivity contribution in [3.63, 3.8) is 0 Å². The van der Waals surface area contributed by atoms with Crippen molar-refractivity contribution in [1.29, 1.82) is 0 Å². The Labute approximate surface area is 106 Å². The molecule has 0 amide bonds. The molecule has 0 aromatic carbocycles. The van der Waals surface area contributed by atoms with Gasteiger partial charge in [0, 0.05) is 19.1 Å². The van der Waals surface area contributed by atoms with Gasteiger partial charge in [-0.2, -0.15) is 0 Å². The van der Waals surface area contributed by atoms with Gasteiger partial charge in [-0.25, -0.2) is 0 Å². The van der Waals surface area contributed by atoms with Crippen molar-refractivity contribution in [2.75, 3.05) is 39.4 Å². The lowest BCUT2D eigenvalue weighted by Crippen LogP contribution is -2.42. The molecule has 1 fully saturated rings. The van der Waals surface area contributed by atoms with Crippen molar-refractivity contribution >= 4 is 0 Å². The van der Waals surface area contributed by atoms with Crippen molar-refractivity contribution in [3.8, 4) is 0 Å². The number of hydrogen-bond donors (Lipinski definition) is 1. The highest BCUT2D eigenvalue weighted by Crippen LogP contribution is 2.08. The Morgan fingerprint density at radius 3 is 3.00 bits per heavy atom. The fraction of sp³-hybridized carbons (Fsp3) is 0.857. The van der Waals surface area contributed by atoms with Crippen molar-refractivity contribution in [2.45, 2.75) is 32.7 Å². The lowest BCUT2D eigenvalue weighted by atomic mass is 10.0. The zero-order valence-corrected chi connectivity index (χ0v) is 11.5. The van der Waals surface area contributed by atoms with Gasteiger partial charge in [0.25, 0.3) is 0 Å². The summed E-state index contributed by atoms with van der Waals surface area (Å²) in [7, 11) is 0. The fourth-order valence-corrected chi connectivity index (χ4v) is 2.14. The second kappa shape index (κ2) is 8.67. The number of hydrogen-bond acceptors (Lipinski definition) is 3. The summed E-state index contributed by atoms with van der Waals surface area (Å²) in [6.45, 7) is 14.5. The third-order valence-electron chi connectivity index (χ3n) is 3.34. The number of nitrogens with zero attached hydrogens (tertiary/aromatic N) is 1. The molecule has 3 nitrogen and oxygen atoms in total. The van der Waals surface area contributed by atoms with Crippen molar-refractivity contribution < 1.29 is 4.74 Å². The van der Waals surface area contributed by atoms with Crippen LogP contribution in [0, 0.1) is 5.92 Å². The largest absolute Gasteiger partial charge is 0.380 e. The van der Waals surface area contributed by atoms with E-state index in [1.807, 2.05) is 6.08 Å². The smallest absolute Gasteiger partial charge is 0.0593 e. The first-order valence-electron chi connectivity index (χ1n) is 6.88. The Bertz CT molecular complexity index is 206. The lowest BCUT2D eigenvalue weighted by molar-refractivity contribution is 0.104. The van der Waals surface area contributed by atoms with Crippen LogP contribution in [-0.2, 0) is 4.74 Å². The Hall–Kier alpha value is -0.380. The van der Waals surface area contributed by atoms with Crippen molar-refractivity contribution in [1.82, 2.24) is 10.2 Å². The molecule has 0 aromatic heterocycles. The molecule has 0 aliphatic carbocycles. The predicted molar refractivity (Wildman–Crippen MR) is 73.3 cm³/mol. The van der Waals surface area contributed by atoms with Crippen molar-refractivity contribution in [3.05, 3.63) is 12.7 Å². The van der Waals surface area contributed by atoms with Crippen LogP contribution in [0.3, 0.4) is 0 Å². The highest BCUT2D eigenvalue weighted by Gasteiger charge is 2.19. The molecular weight excluding hydrogens is 212 g/mol. The van der Waals surface area contributed by atoms with E-state index < -0.39 is 0 Å². The standard InChI is InChI=1S/C14H28N2O/c1-4-5-10-17-11-9-16-8-6-7-15-14(12-16)13(2)3/h4,13-15H,1,5-12H2,2-3H3. The molecule has 0 aromatic rings. The molecular formula is C14H28N2O. The monoisotopic (exact) mass is 240 g/mol. The zero-order chi connectivity index (χ0) is 12.5. The van der Waals surface area contributed by atoms with Crippen LogP contribution in [0.15, 0.2) is 12.7 Å². The number of nitrogens with one attached hydrogen (secondary N) is 1. The van der Waals surface area contributed by atoms with Gasteiger partial charge in [-0.1, -0.05) is 19.9 Å². The Balaban J connectivity index is 2.19. The van der Waals surface area contributed by atoms with Crippen LogP contribution in [0.5, 0.6) is 0 Å². The first-order valence-corrected chi connectivity index (χ1v) is 6.88. The van der Waals surface area contributed by atoms with Crippen molar-refractivity contribution in [2.24, 2.45) is 5.92 Å². The molecule has 1 aliphatic heterocycles. The average molecular weight is 240 g/mol. The molecule has 1 rings (SSSR count). The third-order valence-corrected chi connectivity index (χ3v) is 3.34. The quantitative estimate of drug-likeness (QED) is 0.543. The molecule has 0 radical (unpaired) electrons. The van der Waals surface area contributed by atoms with E-state index in [0.717, 1.165) is 39.3 Å². The van der Waals surface area contributed by atoms with Crippen LogP contribution in [0.1, 0.15) is 26.7 Å². The summed E-state index contributed by atoms with van der Waals surface area (Å²) in [5.41, 5.74) is 0. The predicted octanol–water partition coefficient (Wildman–Crippen LogP) is 1.90. The van der Waals surface area contributed by atoms with Gasteiger partial charge >= 0.3 is 0 Å². The van der Waals surface area contributed by atoms with Crippen LogP contribution < -0.4 is 5.32 Å². The van der Waals surface area contributed by atoms with E-state index in [-0.39, 0.29) is 0 Å². The van der Waals surface area contributed by atoms with Gasteiger partial charge in [-0.3, -0.25) is 4.90 Å². The van der Waals surface area contributed by atoms with Gasteiger partial charge in [0.15, 0.2) is 0 Å². The maximum Gasteiger partial charge on any atom is 0.0593 e. The normalized spacial score (nSPS) is 22.6. The zero-order valence-electron chi connectivity index (χ0n) is 11.5. The molecule has 17 heavy (non-hydrogen) atoms. The van der Waals surface area contributed by atoms with Crippen LogP contribution >= 0.6 is 0 Å². The summed E-state index contributed by atoms with van der Waals surface area (Å²) in [6.07, 6.45) is 4.11. The first-order chi connectivity index (χ1) is 8.24. The Morgan fingerprint density at radius 2 is 2.29 bits per heavy atom. The fourth-order valence-electron chi connectivity index (χ4n) is 2.14. The minimum atomic E-state index is 0.630. The third kappa shape index (κ3) is 6.20. The molecule has 0 saturated carbocycles. The molecule has 1 aliphatic rings. The summed E-state index contributed by atoms with van der Waals surface area (Å²) in [5, 5.41) is 3.63. The van der Waals surface area contributed by atoms with Gasteiger partial charge in [-0.15, -0.1) is 6.58 Å². The second-order valence-electron chi connectivity index (χ2n) is 5.15. The molecule has 1 unspecified atom stereocenters. The number of rotatable bonds is 7. The lowest BCUT2D eigenvalue weighted by Gasteiger charge is -2.26. The van der Waals surface area contributed by atoms with E-state index in [9.17, 15) is 0 Å². The Morgan fingerprint density at radius 1 is 1.47 bits per heavy atom. The van der Waals surface area contributed by atoms with Crippen LogP contribution in [0.2, 0.25) is 0 Å². The van der Waals surface area contributed by atoms with E-state index in [2.05, 4.69) is 30.6 Å². The summed E-state index contributed by atoms with van der Waals surface area (Å²) in [5.74, 6) is 0.706. The molecule has 1 atom stereocenters. The van der Waals surface area contributed by atoms with Gasteiger partial charge in [0.2, 0.25) is 0 Å². The topological polar surface area (TPSA) is 24.5 Å². The Kier molecular flexibility index (Phi) is 7.49. The van der Waals surface area contributed by atoms with Gasteiger partial charge in [0.1, 0.15) is 0 Å². The highest BCUT2D eigenvalue weighted by molar-refractivity contribution is 4.78. The molecule has 1 saturated heterocycles. The van der Waals surface area contributed by atoms with E-state index in [4.69, 9.17) is 4.74 Å². The maximum atomic E-state index is 5.58. The molecule has 3 heteroatoms. The van der Waals surface area contributed by atoms with E-state index in [1.54, 1.807) is 0 Å². The van der Waals surface area contributed by atoms with Crippen LogP contribution in [0.4, 0.5) is 0 Å². The van der Waals surface area contributed by atoms with Crippen LogP contribution in [0.25, 0.3) is 0 Å². The van der Waals surface area contributed by atoms with Gasteiger partial charge in [-0.05, 0) is 31.8 Å². The number of ether oxygens (including phenoxy) is 1. The van der Waals surface area contributed by atoms with Gasteiger partial charge < -0.3 is 10.1 Å². The minimum Gasteiger partial charge on any atom is -0.380 e. The highest BCUT2D eigenvalue weighted by atomic mass is 16.5. The second-order valence-corrected chi connectivity index (χ2v) is 5.15. The van der Waals surface area contributed by atoms with E-state index in [1.165, 1.54) is 13.0 Å². The summed E-state index contributed by atoms with van der Waals surface area (Å²) in [6, 6.07) is 0.630. The van der Waals surface area contributed by atoms with Crippen LogP contribution in [-0.4, -0.2) is 50.3 Å². The molecule has 1 heterocycles. The van der Waals surface area contributed by atoms with E-state index in [0.29, 0.717) is 12.0 Å². The first kappa shape index (κ1) is 14.7. The van der Waals surface area contributed by atoms with E-state index >= 15 is 0 Å². The molecule has 0 bridgehead atoms. The van der Waals surface area contributed by atoms with Gasteiger partial charge in [0.05, 0.1) is 13.2 Å². The molecule has 0 spiro atoms. The maximum absolute atomic E-state index is 5.58.